The molecule has 0 unspecified atom stereocenters. The summed E-state index contributed by atoms with van der Waals surface area (Å²) < 4.78 is 25.4. The van der Waals surface area contributed by atoms with Gasteiger partial charge in [-0.1, -0.05) is 6.07 Å². The summed E-state index contributed by atoms with van der Waals surface area (Å²) in [5.41, 5.74) is 0.546. The van der Waals surface area contributed by atoms with Gasteiger partial charge in [0.25, 0.3) is 0 Å². The van der Waals surface area contributed by atoms with Gasteiger partial charge in [-0.25, -0.2) is 13.2 Å². The van der Waals surface area contributed by atoms with Crippen molar-refractivity contribution in [2.24, 2.45) is 0 Å². The van der Waals surface area contributed by atoms with E-state index in [4.69, 9.17) is 5.11 Å². The van der Waals surface area contributed by atoms with E-state index in [1.807, 2.05) is 0 Å². The van der Waals surface area contributed by atoms with Crippen LogP contribution in [0.3, 0.4) is 0 Å². The molecule has 2 aromatic rings. The van der Waals surface area contributed by atoms with Crippen molar-refractivity contribution in [1.29, 1.82) is 0 Å². The van der Waals surface area contributed by atoms with Crippen LogP contribution in [-0.4, -0.2) is 19.5 Å². The molecule has 7 heteroatoms. The highest BCUT2D eigenvalue weighted by Gasteiger charge is 2.20. The third-order valence-electron chi connectivity index (χ3n) is 2.81. The lowest BCUT2D eigenvalue weighted by atomic mass is 10.1. The van der Waals surface area contributed by atoms with Gasteiger partial charge in [0.2, 0.25) is 0 Å². The summed E-state index contributed by atoms with van der Waals surface area (Å²) >= 11 is 4.64. The van der Waals surface area contributed by atoms with Crippen LogP contribution in [0.15, 0.2) is 39.0 Å². The third kappa shape index (κ3) is 3.11. The van der Waals surface area contributed by atoms with E-state index in [2.05, 4.69) is 15.9 Å². The zero-order chi connectivity index (χ0) is 14.9. The molecule has 1 aromatic heterocycles. The van der Waals surface area contributed by atoms with Crippen molar-refractivity contribution >= 4 is 43.1 Å². The first kappa shape index (κ1) is 15.2. The minimum atomic E-state index is -3.56. The van der Waals surface area contributed by atoms with E-state index < -0.39 is 15.8 Å². The molecular weight excluding hydrogens is 364 g/mol. The number of hydrogen-bond acceptors (Lipinski definition) is 4. The minimum absolute atomic E-state index is 0.0105. The number of benzene rings is 1. The Morgan fingerprint density at radius 3 is 2.60 bits per heavy atom. The van der Waals surface area contributed by atoms with Crippen LogP contribution >= 0.6 is 27.3 Å². The summed E-state index contributed by atoms with van der Waals surface area (Å²) in [4.78, 5) is 11.8. The standard InChI is InChI=1S/C13H11BrO4S2/c1-8-2-3-9(6-10(8)13(15)16)20(17,18)7-12-11(14)4-5-19-12/h2-6H,7H2,1H3,(H,15,16). The Morgan fingerprint density at radius 2 is 2.05 bits per heavy atom. The van der Waals surface area contributed by atoms with Crippen molar-refractivity contribution in [3.05, 3.63) is 50.1 Å². The fourth-order valence-corrected chi connectivity index (χ4v) is 5.15. The number of carboxylic acid groups (broad SMARTS) is 1. The van der Waals surface area contributed by atoms with Crippen LogP contribution in [0.1, 0.15) is 20.8 Å². The highest BCUT2D eigenvalue weighted by molar-refractivity contribution is 9.10. The van der Waals surface area contributed by atoms with Gasteiger partial charge in [0.1, 0.15) is 0 Å². The Labute approximate surface area is 129 Å². The number of halogens is 1. The SMILES string of the molecule is Cc1ccc(S(=O)(=O)Cc2sccc2Br)cc1C(=O)O. The van der Waals surface area contributed by atoms with E-state index in [1.54, 1.807) is 18.4 Å². The zero-order valence-electron chi connectivity index (χ0n) is 10.5. The molecule has 0 bridgehead atoms. The highest BCUT2D eigenvalue weighted by atomic mass is 79.9. The maximum atomic E-state index is 12.3. The van der Waals surface area contributed by atoms with Crippen LogP contribution in [-0.2, 0) is 15.6 Å². The second-order valence-corrected chi connectivity index (χ2v) is 8.08. The quantitative estimate of drug-likeness (QED) is 0.888. The topological polar surface area (TPSA) is 71.4 Å². The molecule has 0 aliphatic heterocycles. The minimum Gasteiger partial charge on any atom is -0.478 e. The van der Waals surface area contributed by atoms with E-state index in [-0.39, 0.29) is 16.2 Å². The number of hydrogen-bond donors (Lipinski definition) is 1. The monoisotopic (exact) mass is 374 g/mol. The molecule has 4 nitrogen and oxygen atoms in total. The number of aromatic carboxylic acids is 1. The number of aryl methyl sites for hydroxylation is 1. The van der Waals surface area contributed by atoms with Crippen molar-refractivity contribution < 1.29 is 18.3 Å². The lowest BCUT2D eigenvalue weighted by molar-refractivity contribution is 0.0696. The Morgan fingerprint density at radius 1 is 1.35 bits per heavy atom. The lowest BCUT2D eigenvalue weighted by Crippen LogP contribution is -2.07. The molecule has 0 amide bonds. The number of rotatable bonds is 4. The van der Waals surface area contributed by atoms with E-state index in [9.17, 15) is 13.2 Å². The summed E-state index contributed by atoms with van der Waals surface area (Å²) in [5.74, 6) is -1.27. The van der Waals surface area contributed by atoms with E-state index in [0.717, 1.165) is 4.47 Å². The summed E-state index contributed by atoms with van der Waals surface area (Å²) in [6.45, 7) is 1.63. The van der Waals surface area contributed by atoms with Crippen LogP contribution in [0.25, 0.3) is 0 Å². The first-order chi connectivity index (χ1) is 9.31. The maximum absolute atomic E-state index is 12.3. The van der Waals surface area contributed by atoms with Gasteiger partial charge in [-0.2, -0.15) is 0 Å². The van der Waals surface area contributed by atoms with Crippen molar-refractivity contribution in [1.82, 2.24) is 0 Å². The van der Waals surface area contributed by atoms with Crippen LogP contribution < -0.4 is 0 Å². The molecule has 0 radical (unpaired) electrons. The van der Waals surface area contributed by atoms with Crippen LogP contribution in [0, 0.1) is 6.92 Å². The van der Waals surface area contributed by atoms with Gasteiger partial charge in [-0.05, 0) is 52.0 Å². The van der Waals surface area contributed by atoms with Crippen molar-refractivity contribution in [3.8, 4) is 0 Å². The molecular formula is C13H11BrO4S2. The highest BCUT2D eigenvalue weighted by Crippen LogP contribution is 2.28. The Bertz CT molecular complexity index is 762. The van der Waals surface area contributed by atoms with Gasteiger partial charge in [0.05, 0.1) is 16.2 Å². The van der Waals surface area contributed by atoms with Crippen LogP contribution in [0.5, 0.6) is 0 Å². The predicted molar refractivity (Wildman–Crippen MR) is 81.0 cm³/mol. The summed E-state index contributed by atoms with van der Waals surface area (Å²) in [5, 5.41) is 10.9. The first-order valence-electron chi connectivity index (χ1n) is 5.60. The van der Waals surface area contributed by atoms with Gasteiger partial charge in [-0.3, -0.25) is 0 Å². The maximum Gasteiger partial charge on any atom is 0.335 e. The molecule has 1 heterocycles. The van der Waals surface area contributed by atoms with Gasteiger partial charge in [0.15, 0.2) is 9.84 Å². The molecule has 0 atom stereocenters. The fourth-order valence-electron chi connectivity index (χ4n) is 1.71. The molecule has 2 rings (SSSR count). The number of thiophene rings is 1. The fraction of sp³-hybridized carbons (Fsp3) is 0.154. The lowest BCUT2D eigenvalue weighted by Gasteiger charge is -2.07. The van der Waals surface area contributed by atoms with Crippen LogP contribution in [0.2, 0.25) is 0 Å². The average molecular weight is 375 g/mol. The van der Waals surface area contributed by atoms with Crippen molar-refractivity contribution in [2.45, 2.75) is 17.6 Å². The Kier molecular flexibility index (Phi) is 4.31. The second-order valence-electron chi connectivity index (χ2n) is 4.23. The molecule has 0 spiro atoms. The Balaban J connectivity index is 2.42. The van der Waals surface area contributed by atoms with Gasteiger partial charge in [0, 0.05) is 9.35 Å². The third-order valence-corrected chi connectivity index (χ3v) is 6.56. The molecule has 0 fully saturated rings. The molecule has 0 saturated heterocycles. The largest absolute Gasteiger partial charge is 0.478 e. The predicted octanol–water partition coefficient (Wildman–Crippen LogP) is 3.49. The molecule has 1 aromatic carbocycles. The molecule has 20 heavy (non-hydrogen) atoms. The number of carboxylic acids is 1. The average Bonchev–Trinajstić information content (AvgIpc) is 2.74. The number of sulfone groups is 1. The van der Waals surface area contributed by atoms with Crippen molar-refractivity contribution in [3.63, 3.8) is 0 Å². The zero-order valence-corrected chi connectivity index (χ0v) is 13.7. The molecule has 0 aliphatic carbocycles. The van der Waals surface area contributed by atoms with Crippen LogP contribution in [0.4, 0.5) is 0 Å². The van der Waals surface area contributed by atoms with E-state index in [0.29, 0.717) is 10.4 Å². The Hall–Kier alpha value is -1.18. The first-order valence-corrected chi connectivity index (χ1v) is 8.92. The normalized spacial score (nSPS) is 11.5. The molecule has 106 valence electrons. The van der Waals surface area contributed by atoms with E-state index >= 15 is 0 Å². The van der Waals surface area contributed by atoms with E-state index in [1.165, 1.54) is 29.5 Å². The summed E-state index contributed by atoms with van der Waals surface area (Å²) in [7, 11) is -3.56. The van der Waals surface area contributed by atoms with Gasteiger partial charge < -0.3 is 5.11 Å². The molecule has 0 aliphatic rings. The van der Waals surface area contributed by atoms with Gasteiger partial charge >= 0.3 is 5.97 Å². The van der Waals surface area contributed by atoms with Gasteiger partial charge in [-0.15, -0.1) is 11.3 Å². The summed E-state index contributed by atoms with van der Waals surface area (Å²) in [6, 6.07) is 5.96. The second kappa shape index (κ2) is 5.67. The summed E-state index contributed by atoms with van der Waals surface area (Å²) in [6.07, 6.45) is 0. The smallest absolute Gasteiger partial charge is 0.335 e. The number of carbonyl (C=O) groups is 1. The molecule has 1 N–H and O–H groups in total. The van der Waals surface area contributed by atoms with Crippen molar-refractivity contribution in [2.75, 3.05) is 0 Å². The molecule has 0 saturated carbocycles.